The molecule has 0 aliphatic rings. The Morgan fingerprint density at radius 3 is 0.950 bits per heavy atom. The second kappa shape index (κ2) is 17.0. The fourth-order valence-corrected chi connectivity index (χ4v) is 0.339. The smallest absolute Gasteiger partial charge is 1.00 e. The van der Waals surface area contributed by atoms with Crippen LogP contribution >= 0.6 is 0 Å². The number of ether oxygens (including phenoxy) is 2. The van der Waals surface area contributed by atoms with Crippen LogP contribution in [0, 0.1) is 0 Å². The molecule has 0 atom stereocenters. The summed E-state index contributed by atoms with van der Waals surface area (Å²) in [5.74, 6) is -12.7. The number of aliphatic carboxylic acids is 2. The van der Waals surface area contributed by atoms with Crippen LogP contribution in [0.5, 0.6) is 0 Å². The van der Waals surface area contributed by atoms with Gasteiger partial charge in [0.15, 0.2) is 0 Å². The van der Waals surface area contributed by atoms with Crippen LogP contribution in [0.3, 0.4) is 0 Å². The molecule has 0 spiro atoms. The number of carbonyl (C=O) groups is 6. The third-order valence-corrected chi connectivity index (χ3v) is 0.887. The second-order valence-electron chi connectivity index (χ2n) is 1.96. The summed E-state index contributed by atoms with van der Waals surface area (Å²) in [5.41, 5.74) is 0. The Hall–Kier alpha value is 1.61. The minimum Gasteiger partial charge on any atom is -1.00 e. The first-order chi connectivity index (χ1) is 7.25. The Bertz CT molecular complexity index is 386. The Balaban J connectivity index is -0.0000000402. The van der Waals surface area contributed by atoms with Crippen LogP contribution in [-0.4, -0.2) is 137 Å². The number of hydrogen-bond donors (Lipinski definition) is 2. The molecule has 0 saturated carbocycles. The van der Waals surface area contributed by atoms with Crippen molar-refractivity contribution >= 4 is 127 Å². The summed E-state index contributed by atoms with van der Waals surface area (Å²) < 4.78 is 6.71. The van der Waals surface area contributed by atoms with Gasteiger partial charge >= 0.3 is 127 Å². The van der Waals surface area contributed by atoms with E-state index in [-0.39, 0.29) is 140 Å². The summed E-state index contributed by atoms with van der Waals surface area (Å²) in [6, 6.07) is 0. The molecule has 14 heteroatoms. The zero-order valence-electron chi connectivity index (χ0n) is 13.6. The molecule has 0 saturated heterocycles. The zero-order chi connectivity index (χ0) is 12.9. The number of carbonyl (C=O) groups excluding carboxylic acids is 4. The molecule has 2 N–H and O–H groups in total. The van der Waals surface area contributed by atoms with Crippen LogP contribution < -0.4 is 0 Å². The molecule has 0 aromatic heterocycles. The van der Waals surface area contributed by atoms with Crippen LogP contribution in [0.4, 0.5) is 0 Å². The molecule has 0 rings (SSSR count). The first-order valence-electron chi connectivity index (χ1n) is 3.24. The van der Waals surface area contributed by atoms with Gasteiger partial charge in [-0.1, -0.05) is 0 Å². The number of hydrogen-bond acceptors (Lipinski definition) is 8. The average Bonchev–Trinajstić information content (AvgIpc) is 2.16. The van der Waals surface area contributed by atoms with Crippen molar-refractivity contribution in [3.63, 3.8) is 0 Å². The van der Waals surface area contributed by atoms with Crippen molar-refractivity contribution in [2.75, 3.05) is 0 Å². The van der Waals surface area contributed by atoms with Gasteiger partial charge < -0.3 is 25.4 Å². The maximum absolute atomic E-state index is 10.5. The molecule has 0 aromatic rings. The maximum Gasteiger partial charge on any atom is 2.00 e. The molecule has 0 aromatic carbocycles. The van der Waals surface area contributed by atoms with Gasteiger partial charge in [0.2, 0.25) is 0 Å². The van der Waals surface area contributed by atoms with Gasteiger partial charge in [0, 0.05) is 43.4 Å². The van der Waals surface area contributed by atoms with Crippen molar-refractivity contribution in [3.8, 4) is 0 Å². The maximum atomic E-state index is 10.5. The van der Waals surface area contributed by atoms with Crippen molar-refractivity contribution in [3.05, 3.63) is 0 Å². The van der Waals surface area contributed by atoms with E-state index >= 15 is 0 Å². The van der Waals surface area contributed by atoms with Crippen molar-refractivity contribution in [1.29, 1.82) is 0 Å². The topological polar surface area (TPSA) is 161 Å². The molecule has 102 valence electrons. The van der Waals surface area contributed by atoms with E-state index in [2.05, 4.69) is 9.47 Å². The van der Waals surface area contributed by atoms with Crippen LogP contribution in [0.15, 0.2) is 0 Å². The van der Waals surface area contributed by atoms with Gasteiger partial charge in [-0.25, -0.2) is 28.8 Å². The van der Waals surface area contributed by atoms with Gasteiger partial charge in [-0.2, -0.15) is 0 Å². The summed E-state index contributed by atoms with van der Waals surface area (Å²) in [5, 5.41) is 15.9. The van der Waals surface area contributed by atoms with Gasteiger partial charge in [0.05, 0.1) is 0 Å². The summed E-state index contributed by atoms with van der Waals surface area (Å²) >= 11 is 0. The fraction of sp³-hybridized carbons (Fsp3) is 0. The first-order valence-corrected chi connectivity index (χ1v) is 3.24. The van der Waals surface area contributed by atoms with Crippen molar-refractivity contribution in [1.82, 2.24) is 0 Å². The number of carboxylic acids is 2. The number of rotatable bonds is 0. The van der Waals surface area contributed by atoms with Gasteiger partial charge in [0.25, 0.3) is 0 Å². The van der Waals surface area contributed by atoms with E-state index in [4.69, 9.17) is 10.2 Å². The van der Waals surface area contributed by atoms with Crippen LogP contribution in [0.1, 0.15) is 5.71 Å². The number of esters is 4. The van der Waals surface area contributed by atoms with E-state index < -0.39 is 35.8 Å². The van der Waals surface area contributed by atoms with E-state index in [9.17, 15) is 28.8 Å². The molecule has 20 heavy (non-hydrogen) atoms. The molecule has 0 fully saturated rings. The molecule has 0 heterocycles. The third kappa shape index (κ3) is 14.5. The monoisotopic (exact) mass is 510 g/mol. The average molecular weight is 509 g/mol. The Morgan fingerprint density at radius 2 is 0.800 bits per heavy atom. The Morgan fingerprint density at radius 1 is 0.600 bits per heavy atom. The molecule has 0 bridgehead atoms. The summed E-state index contributed by atoms with van der Waals surface area (Å²) in [4.78, 5) is 61.1. The van der Waals surface area contributed by atoms with Crippen molar-refractivity contribution < 1.29 is 97.6 Å². The largest absolute Gasteiger partial charge is 2.00 e. The molecular formula is C6H6O10Sr2Ti2. The molecule has 0 unspecified atom stereocenters. The van der Waals surface area contributed by atoms with E-state index in [1.165, 1.54) is 0 Å². The number of carboxylic acid groups (broad SMARTS) is 2. The standard InChI is InChI=1S/C6H2O10.2Sr.2Ti.4H/c7-1(8)3(11)15-5(13)6(14)16-4(12)2(9)10;;;;;;;;/h(H,7,8)(H,9,10);;;;;;;;/q;2*+2;;;4*-1. The zero-order valence-corrected chi connectivity index (χ0v) is 19.7. The van der Waals surface area contributed by atoms with E-state index in [1.54, 1.807) is 0 Å². The Kier molecular flexibility index (Phi) is 28.2. The van der Waals surface area contributed by atoms with Crippen LogP contribution in [0.25, 0.3) is 0 Å². The van der Waals surface area contributed by atoms with Gasteiger partial charge in [0.1, 0.15) is 0 Å². The fourth-order valence-electron chi connectivity index (χ4n) is 0.339. The van der Waals surface area contributed by atoms with E-state index in [0.717, 1.165) is 0 Å². The normalized spacial score (nSPS) is 7.00. The third-order valence-electron chi connectivity index (χ3n) is 0.887. The van der Waals surface area contributed by atoms with Gasteiger partial charge in [-0.05, 0) is 0 Å². The minimum atomic E-state index is -2.16. The predicted molar refractivity (Wildman–Crippen MR) is 53.4 cm³/mol. The van der Waals surface area contributed by atoms with Crippen LogP contribution in [0.2, 0.25) is 0 Å². The van der Waals surface area contributed by atoms with Crippen LogP contribution in [-0.2, 0) is 81.7 Å². The van der Waals surface area contributed by atoms with E-state index in [0.29, 0.717) is 0 Å². The summed E-state index contributed by atoms with van der Waals surface area (Å²) in [6.07, 6.45) is 0. The SMILES string of the molecule is O=C(O)C(=O)OC(=O)C(=O)OC(=O)C(=O)O.[H-].[H-].[H-].[H-].[Sr+2].[Sr+2].[Ti].[Ti]. The van der Waals surface area contributed by atoms with E-state index in [1.807, 2.05) is 0 Å². The quantitative estimate of drug-likeness (QED) is 0.149. The molecule has 0 aliphatic carbocycles. The molecule has 0 amide bonds. The molecular weight excluding hydrogens is 503 g/mol. The summed E-state index contributed by atoms with van der Waals surface area (Å²) in [7, 11) is 0. The predicted octanol–water partition coefficient (Wildman–Crippen LogP) is -3.02. The molecule has 0 radical (unpaired) electrons. The molecule has 10 nitrogen and oxygen atoms in total. The summed E-state index contributed by atoms with van der Waals surface area (Å²) in [6.45, 7) is 0. The van der Waals surface area contributed by atoms with Crippen molar-refractivity contribution in [2.45, 2.75) is 0 Å². The van der Waals surface area contributed by atoms with Gasteiger partial charge in [-0.15, -0.1) is 0 Å². The second-order valence-corrected chi connectivity index (χ2v) is 1.96. The Labute approximate surface area is 220 Å². The first kappa shape index (κ1) is 33.3. The van der Waals surface area contributed by atoms with Gasteiger partial charge in [-0.3, -0.25) is 0 Å². The minimum absolute atomic E-state index is 0. The van der Waals surface area contributed by atoms with Crippen molar-refractivity contribution in [2.24, 2.45) is 0 Å². The molecule has 0 aliphatic heterocycles.